The maximum absolute atomic E-state index is 12.2. The molecular weight excluding hydrogens is 358 g/mol. The van der Waals surface area contributed by atoms with Gasteiger partial charge in [-0.1, -0.05) is 11.8 Å². The second-order valence-electron chi connectivity index (χ2n) is 5.74. The highest BCUT2D eigenvalue weighted by atomic mass is 32.2. The number of thioether (sulfide) groups is 1. The van der Waals surface area contributed by atoms with Crippen LogP contribution >= 0.6 is 34.4 Å². The van der Waals surface area contributed by atoms with Gasteiger partial charge in [-0.15, -0.1) is 11.3 Å². The van der Waals surface area contributed by atoms with Crippen LogP contribution in [0.1, 0.15) is 22.9 Å². The molecule has 0 aliphatic rings. The number of rotatable bonds is 6. The molecule has 1 atom stereocenters. The number of aryl methyl sites for hydroxylation is 2. The molecule has 7 heteroatoms. The standard InChI is InChI=1S/C17H19N3OS3/c1-10(6-13-4-5-22-7-13)20-14(21)8-23-16-15-11(2)12(3)24-17(15)19-9-18-16/h4-5,7,9-10H,6,8H2,1-3H3,(H,20,21). The molecule has 0 saturated heterocycles. The van der Waals surface area contributed by atoms with Crippen LogP contribution in [0.5, 0.6) is 0 Å². The van der Waals surface area contributed by atoms with Gasteiger partial charge in [-0.3, -0.25) is 4.79 Å². The summed E-state index contributed by atoms with van der Waals surface area (Å²) in [4.78, 5) is 23.2. The number of aromatic nitrogens is 2. The van der Waals surface area contributed by atoms with Gasteiger partial charge in [0.05, 0.1) is 5.75 Å². The number of nitrogens with zero attached hydrogens (tertiary/aromatic N) is 2. The zero-order valence-corrected chi connectivity index (χ0v) is 16.3. The molecule has 0 saturated carbocycles. The van der Waals surface area contributed by atoms with E-state index in [1.54, 1.807) is 29.0 Å². The molecule has 0 spiro atoms. The molecule has 126 valence electrons. The Hall–Kier alpha value is -1.44. The van der Waals surface area contributed by atoms with Gasteiger partial charge in [0.25, 0.3) is 0 Å². The minimum absolute atomic E-state index is 0.0408. The van der Waals surface area contributed by atoms with E-state index in [1.807, 2.05) is 6.92 Å². The van der Waals surface area contributed by atoms with E-state index in [4.69, 9.17) is 0 Å². The molecule has 24 heavy (non-hydrogen) atoms. The molecule has 0 bridgehead atoms. The first-order valence-corrected chi connectivity index (χ1v) is 10.4. The van der Waals surface area contributed by atoms with Crippen molar-refractivity contribution in [1.82, 2.24) is 15.3 Å². The van der Waals surface area contributed by atoms with E-state index in [9.17, 15) is 4.79 Å². The summed E-state index contributed by atoms with van der Waals surface area (Å²) in [5.74, 6) is 0.410. The Bertz CT molecular complexity index is 842. The van der Waals surface area contributed by atoms with E-state index in [1.165, 1.54) is 27.8 Å². The number of carbonyl (C=O) groups is 1. The highest BCUT2D eigenvalue weighted by molar-refractivity contribution is 8.00. The van der Waals surface area contributed by atoms with Gasteiger partial charge in [-0.25, -0.2) is 9.97 Å². The van der Waals surface area contributed by atoms with Crippen LogP contribution in [0.15, 0.2) is 28.2 Å². The van der Waals surface area contributed by atoms with Crippen LogP contribution < -0.4 is 5.32 Å². The molecule has 3 rings (SSSR count). The third-order valence-electron chi connectivity index (χ3n) is 3.80. The zero-order valence-electron chi connectivity index (χ0n) is 13.8. The smallest absolute Gasteiger partial charge is 0.230 e. The molecule has 0 fully saturated rings. The number of amides is 1. The number of fused-ring (bicyclic) bond motifs is 1. The Morgan fingerprint density at radius 2 is 2.21 bits per heavy atom. The third kappa shape index (κ3) is 3.96. The Morgan fingerprint density at radius 1 is 1.38 bits per heavy atom. The summed E-state index contributed by atoms with van der Waals surface area (Å²) >= 11 is 4.84. The molecule has 1 amide bonds. The first kappa shape index (κ1) is 17.4. The SMILES string of the molecule is Cc1sc2ncnc(SCC(=O)NC(C)Cc3ccsc3)c2c1C. The van der Waals surface area contributed by atoms with Crippen molar-refractivity contribution in [3.8, 4) is 0 Å². The minimum Gasteiger partial charge on any atom is -0.353 e. The van der Waals surface area contributed by atoms with Crippen LogP contribution in [0.2, 0.25) is 0 Å². The predicted octanol–water partition coefficient (Wildman–Crippen LogP) is 4.21. The molecule has 0 aliphatic carbocycles. The number of nitrogens with one attached hydrogen (secondary N) is 1. The quantitative estimate of drug-likeness (QED) is 0.516. The molecule has 0 aromatic carbocycles. The van der Waals surface area contributed by atoms with E-state index in [0.29, 0.717) is 5.75 Å². The largest absolute Gasteiger partial charge is 0.353 e. The Kier molecular flexibility index (Phi) is 5.53. The van der Waals surface area contributed by atoms with Crippen LogP contribution in [0.4, 0.5) is 0 Å². The number of thiophene rings is 2. The van der Waals surface area contributed by atoms with Crippen molar-refractivity contribution >= 4 is 50.6 Å². The molecule has 1 N–H and O–H groups in total. The first-order chi connectivity index (χ1) is 11.5. The molecule has 3 heterocycles. The van der Waals surface area contributed by atoms with Crippen molar-refractivity contribution in [3.63, 3.8) is 0 Å². The first-order valence-electron chi connectivity index (χ1n) is 7.68. The summed E-state index contributed by atoms with van der Waals surface area (Å²) in [6.45, 7) is 6.22. The van der Waals surface area contributed by atoms with Gasteiger partial charge in [0.15, 0.2) is 0 Å². The van der Waals surface area contributed by atoms with Crippen LogP contribution in [-0.2, 0) is 11.2 Å². The minimum atomic E-state index is 0.0408. The summed E-state index contributed by atoms with van der Waals surface area (Å²) in [5.41, 5.74) is 2.48. The van der Waals surface area contributed by atoms with E-state index >= 15 is 0 Å². The highest BCUT2D eigenvalue weighted by Gasteiger charge is 2.14. The molecule has 1 unspecified atom stereocenters. The average Bonchev–Trinajstić information content (AvgIpc) is 3.14. The van der Waals surface area contributed by atoms with Gasteiger partial charge >= 0.3 is 0 Å². The summed E-state index contributed by atoms with van der Waals surface area (Å²) < 4.78 is 0. The Balaban J connectivity index is 1.60. The lowest BCUT2D eigenvalue weighted by Gasteiger charge is -2.13. The Labute approximate surface area is 153 Å². The van der Waals surface area contributed by atoms with E-state index in [0.717, 1.165) is 21.7 Å². The maximum atomic E-state index is 12.2. The molecule has 0 radical (unpaired) electrons. The van der Waals surface area contributed by atoms with Gasteiger partial charge in [0, 0.05) is 16.3 Å². The van der Waals surface area contributed by atoms with Crippen molar-refractivity contribution in [1.29, 1.82) is 0 Å². The second kappa shape index (κ2) is 7.63. The van der Waals surface area contributed by atoms with Gasteiger partial charge in [-0.2, -0.15) is 11.3 Å². The van der Waals surface area contributed by atoms with Crippen LogP contribution in [0, 0.1) is 13.8 Å². The second-order valence-corrected chi connectivity index (χ2v) is 8.68. The van der Waals surface area contributed by atoms with Crippen molar-refractivity contribution in [3.05, 3.63) is 39.2 Å². The van der Waals surface area contributed by atoms with Gasteiger partial charge in [0.2, 0.25) is 5.91 Å². The molecule has 0 aliphatic heterocycles. The average molecular weight is 378 g/mol. The number of hydrogen-bond donors (Lipinski definition) is 1. The molecule has 4 nitrogen and oxygen atoms in total. The zero-order chi connectivity index (χ0) is 17.1. The summed E-state index contributed by atoms with van der Waals surface area (Å²) in [7, 11) is 0. The van der Waals surface area contributed by atoms with Crippen molar-refractivity contribution in [2.75, 3.05) is 5.75 Å². The lowest BCUT2D eigenvalue weighted by atomic mass is 10.1. The topological polar surface area (TPSA) is 54.9 Å². The number of hydrogen-bond acceptors (Lipinski definition) is 6. The summed E-state index contributed by atoms with van der Waals surface area (Å²) in [5, 5.41) is 9.22. The van der Waals surface area contributed by atoms with Gasteiger partial charge in [-0.05, 0) is 55.1 Å². The fraction of sp³-hybridized carbons (Fsp3) is 0.353. The number of carbonyl (C=O) groups excluding carboxylic acids is 1. The van der Waals surface area contributed by atoms with Gasteiger partial charge < -0.3 is 5.32 Å². The highest BCUT2D eigenvalue weighted by Crippen LogP contribution is 2.34. The normalized spacial score (nSPS) is 12.5. The van der Waals surface area contributed by atoms with E-state index in [-0.39, 0.29) is 11.9 Å². The fourth-order valence-electron chi connectivity index (χ4n) is 2.52. The lowest BCUT2D eigenvalue weighted by molar-refractivity contribution is -0.119. The predicted molar refractivity (Wildman–Crippen MR) is 103 cm³/mol. The van der Waals surface area contributed by atoms with Crippen molar-refractivity contribution in [2.24, 2.45) is 0 Å². The van der Waals surface area contributed by atoms with Crippen molar-refractivity contribution in [2.45, 2.75) is 38.3 Å². The summed E-state index contributed by atoms with van der Waals surface area (Å²) in [6.07, 6.45) is 2.44. The van der Waals surface area contributed by atoms with Crippen LogP contribution in [0.3, 0.4) is 0 Å². The van der Waals surface area contributed by atoms with Crippen LogP contribution in [-0.4, -0.2) is 27.7 Å². The summed E-state index contributed by atoms with van der Waals surface area (Å²) in [6, 6.07) is 2.23. The van der Waals surface area contributed by atoms with Gasteiger partial charge in [0.1, 0.15) is 16.2 Å². The van der Waals surface area contributed by atoms with E-state index < -0.39 is 0 Å². The fourth-order valence-corrected chi connectivity index (χ4v) is 5.13. The van der Waals surface area contributed by atoms with E-state index in [2.05, 4.69) is 46.0 Å². The van der Waals surface area contributed by atoms with Crippen LogP contribution in [0.25, 0.3) is 10.2 Å². The van der Waals surface area contributed by atoms with Crippen molar-refractivity contribution < 1.29 is 4.79 Å². The molecular formula is C17H19N3OS3. The molecule has 3 aromatic rings. The third-order valence-corrected chi connectivity index (χ3v) is 6.64. The molecule has 3 aromatic heterocycles. The monoisotopic (exact) mass is 377 g/mol. The Morgan fingerprint density at radius 3 is 2.96 bits per heavy atom. The maximum Gasteiger partial charge on any atom is 0.230 e. The lowest BCUT2D eigenvalue weighted by Crippen LogP contribution is -2.35.